The summed E-state index contributed by atoms with van der Waals surface area (Å²) in [6.45, 7) is 3.05. The van der Waals surface area contributed by atoms with E-state index in [2.05, 4.69) is 0 Å². The van der Waals surface area contributed by atoms with Crippen LogP contribution in [0.3, 0.4) is 0 Å². The van der Waals surface area contributed by atoms with Gasteiger partial charge in [0, 0.05) is 12.6 Å². The molecule has 6 heteroatoms. The van der Waals surface area contributed by atoms with Crippen molar-refractivity contribution in [3.63, 3.8) is 0 Å². The number of halogens is 3. The van der Waals surface area contributed by atoms with E-state index < -0.39 is 5.82 Å². The standard InChI is InChI=1S/C19H20F2N2O.ClH/c1-12-8-13(10-22)11-23(12)19(24)17-7-4-15(9-18(17)21)14-2-5-16(20)6-3-14;/h2-7,9,12-13H,8,10-11,22H2,1H3;1H. The predicted molar refractivity (Wildman–Crippen MR) is 96.7 cm³/mol. The zero-order valence-corrected chi connectivity index (χ0v) is 14.7. The summed E-state index contributed by atoms with van der Waals surface area (Å²) in [4.78, 5) is 14.3. The van der Waals surface area contributed by atoms with Gasteiger partial charge in [0.15, 0.2) is 0 Å². The van der Waals surface area contributed by atoms with Gasteiger partial charge >= 0.3 is 0 Å². The van der Waals surface area contributed by atoms with Gasteiger partial charge in [0.2, 0.25) is 0 Å². The van der Waals surface area contributed by atoms with Gasteiger partial charge in [0.1, 0.15) is 11.6 Å². The molecule has 2 aromatic carbocycles. The maximum absolute atomic E-state index is 14.5. The van der Waals surface area contributed by atoms with Crippen LogP contribution >= 0.6 is 12.4 Å². The van der Waals surface area contributed by atoms with Crippen molar-refractivity contribution in [3.8, 4) is 11.1 Å². The number of likely N-dealkylation sites (tertiary alicyclic amines) is 1. The molecule has 0 spiro atoms. The monoisotopic (exact) mass is 366 g/mol. The molecule has 25 heavy (non-hydrogen) atoms. The molecule has 0 radical (unpaired) electrons. The maximum atomic E-state index is 14.5. The summed E-state index contributed by atoms with van der Waals surface area (Å²) in [5.74, 6) is -0.944. The fourth-order valence-electron chi connectivity index (χ4n) is 3.26. The summed E-state index contributed by atoms with van der Waals surface area (Å²) >= 11 is 0. The maximum Gasteiger partial charge on any atom is 0.257 e. The molecular weight excluding hydrogens is 346 g/mol. The van der Waals surface area contributed by atoms with E-state index in [0.717, 1.165) is 6.42 Å². The Balaban J connectivity index is 0.00000225. The van der Waals surface area contributed by atoms with Gasteiger partial charge in [-0.1, -0.05) is 18.2 Å². The first-order valence-corrected chi connectivity index (χ1v) is 8.06. The lowest BCUT2D eigenvalue weighted by Crippen LogP contribution is -2.35. The van der Waals surface area contributed by atoms with Gasteiger partial charge in [0.05, 0.1) is 5.56 Å². The number of hydrogen-bond donors (Lipinski definition) is 1. The highest BCUT2D eigenvalue weighted by molar-refractivity contribution is 5.95. The summed E-state index contributed by atoms with van der Waals surface area (Å²) in [6.07, 6.45) is 0.845. The molecule has 1 amide bonds. The average Bonchev–Trinajstić information content (AvgIpc) is 2.96. The molecule has 2 N–H and O–H groups in total. The minimum Gasteiger partial charge on any atom is -0.336 e. The second-order valence-corrected chi connectivity index (χ2v) is 6.35. The molecule has 1 saturated heterocycles. The van der Waals surface area contributed by atoms with E-state index in [0.29, 0.717) is 24.2 Å². The molecule has 2 aromatic rings. The number of rotatable bonds is 3. The van der Waals surface area contributed by atoms with Crippen molar-refractivity contribution < 1.29 is 13.6 Å². The average molecular weight is 367 g/mol. The SMILES string of the molecule is CC1CC(CN)CN1C(=O)c1ccc(-c2ccc(F)cc2)cc1F.Cl. The Morgan fingerprint density at radius 3 is 2.36 bits per heavy atom. The Hall–Kier alpha value is -1.98. The predicted octanol–water partition coefficient (Wildman–Crippen LogP) is 3.86. The van der Waals surface area contributed by atoms with Gasteiger partial charge in [-0.05, 0) is 61.2 Å². The van der Waals surface area contributed by atoms with Crippen LogP contribution in [0.2, 0.25) is 0 Å². The lowest BCUT2D eigenvalue weighted by molar-refractivity contribution is 0.0739. The van der Waals surface area contributed by atoms with E-state index in [-0.39, 0.29) is 41.7 Å². The Kier molecular flexibility index (Phi) is 6.14. The highest BCUT2D eigenvalue weighted by Gasteiger charge is 2.33. The first kappa shape index (κ1) is 19.3. The molecule has 1 aliphatic heterocycles. The van der Waals surface area contributed by atoms with E-state index in [9.17, 15) is 13.6 Å². The number of carbonyl (C=O) groups is 1. The summed E-state index contributed by atoms with van der Waals surface area (Å²) in [5, 5.41) is 0. The summed E-state index contributed by atoms with van der Waals surface area (Å²) < 4.78 is 27.5. The van der Waals surface area contributed by atoms with Crippen molar-refractivity contribution in [2.75, 3.05) is 13.1 Å². The molecule has 1 fully saturated rings. The van der Waals surface area contributed by atoms with Crippen LogP contribution in [-0.4, -0.2) is 29.9 Å². The molecule has 0 aliphatic carbocycles. The Bertz CT molecular complexity index is 752. The Morgan fingerprint density at radius 2 is 1.80 bits per heavy atom. The van der Waals surface area contributed by atoms with Gasteiger partial charge < -0.3 is 10.6 Å². The largest absolute Gasteiger partial charge is 0.336 e. The van der Waals surface area contributed by atoms with E-state index >= 15 is 0 Å². The van der Waals surface area contributed by atoms with E-state index in [1.54, 1.807) is 23.1 Å². The molecule has 2 unspecified atom stereocenters. The van der Waals surface area contributed by atoms with Crippen LogP contribution in [0.5, 0.6) is 0 Å². The number of carbonyl (C=O) groups excluding carboxylic acids is 1. The van der Waals surface area contributed by atoms with Crippen molar-refractivity contribution in [2.45, 2.75) is 19.4 Å². The quantitative estimate of drug-likeness (QED) is 0.896. The molecule has 0 saturated carbocycles. The third kappa shape index (κ3) is 3.99. The van der Waals surface area contributed by atoms with Gasteiger partial charge in [0.25, 0.3) is 5.91 Å². The van der Waals surface area contributed by atoms with Gasteiger partial charge in [-0.3, -0.25) is 4.79 Å². The van der Waals surface area contributed by atoms with Crippen LogP contribution < -0.4 is 5.73 Å². The molecule has 3 rings (SSSR count). The summed E-state index contributed by atoms with van der Waals surface area (Å²) in [7, 11) is 0. The molecule has 1 aliphatic rings. The van der Waals surface area contributed by atoms with Gasteiger partial charge in [-0.25, -0.2) is 8.78 Å². The molecular formula is C19H21ClF2N2O. The van der Waals surface area contributed by atoms with Crippen molar-refractivity contribution in [3.05, 3.63) is 59.7 Å². The topological polar surface area (TPSA) is 46.3 Å². The number of hydrogen-bond acceptors (Lipinski definition) is 2. The minimum absolute atomic E-state index is 0. The molecule has 134 valence electrons. The van der Waals surface area contributed by atoms with E-state index in [4.69, 9.17) is 5.73 Å². The highest BCUT2D eigenvalue weighted by atomic mass is 35.5. The minimum atomic E-state index is -0.565. The molecule has 1 heterocycles. The molecule has 0 bridgehead atoms. The lowest BCUT2D eigenvalue weighted by atomic mass is 10.0. The number of nitrogens with zero attached hydrogens (tertiary/aromatic N) is 1. The highest BCUT2D eigenvalue weighted by Crippen LogP contribution is 2.27. The van der Waals surface area contributed by atoms with Crippen LogP contribution in [0, 0.1) is 17.6 Å². The molecule has 0 aromatic heterocycles. The van der Waals surface area contributed by atoms with E-state index in [1.807, 2.05) is 6.92 Å². The van der Waals surface area contributed by atoms with Gasteiger partial charge in [-0.15, -0.1) is 12.4 Å². The first-order valence-electron chi connectivity index (χ1n) is 8.06. The van der Waals surface area contributed by atoms with Crippen molar-refractivity contribution >= 4 is 18.3 Å². The van der Waals surface area contributed by atoms with Gasteiger partial charge in [-0.2, -0.15) is 0 Å². The van der Waals surface area contributed by atoms with E-state index in [1.165, 1.54) is 24.3 Å². The smallest absolute Gasteiger partial charge is 0.257 e. The van der Waals surface area contributed by atoms with Crippen molar-refractivity contribution in [2.24, 2.45) is 11.7 Å². The van der Waals surface area contributed by atoms with Crippen molar-refractivity contribution in [1.82, 2.24) is 4.90 Å². The first-order chi connectivity index (χ1) is 11.5. The van der Waals surface area contributed by atoms with Crippen LogP contribution in [0.4, 0.5) is 8.78 Å². The lowest BCUT2D eigenvalue weighted by Gasteiger charge is -2.22. The van der Waals surface area contributed by atoms with Crippen LogP contribution in [0.1, 0.15) is 23.7 Å². The zero-order valence-electron chi connectivity index (χ0n) is 13.9. The summed E-state index contributed by atoms with van der Waals surface area (Å²) in [5.41, 5.74) is 7.05. The third-order valence-corrected chi connectivity index (χ3v) is 4.63. The fourth-order valence-corrected chi connectivity index (χ4v) is 3.26. The normalized spacial score (nSPS) is 19.6. The van der Waals surface area contributed by atoms with Crippen LogP contribution in [0.25, 0.3) is 11.1 Å². The number of amides is 1. The molecule has 3 nitrogen and oxygen atoms in total. The van der Waals surface area contributed by atoms with Crippen LogP contribution in [0.15, 0.2) is 42.5 Å². The number of nitrogens with two attached hydrogens (primary N) is 1. The number of benzene rings is 2. The summed E-state index contributed by atoms with van der Waals surface area (Å²) in [6, 6.07) is 10.4. The molecule has 2 atom stereocenters. The second-order valence-electron chi connectivity index (χ2n) is 6.35. The zero-order chi connectivity index (χ0) is 17.3. The second kappa shape index (κ2) is 7.93. The Labute approximate surface area is 152 Å². The van der Waals surface area contributed by atoms with Crippen molar-refractivity contribution in [1.29, 1.82) is 0 Å². The Morgan fingerprint density at radius 1 is 1.16 bits per heavy atom. The van der Waals surface area contributed by atoms with Crippen LogP contribution in [-0.2, 0) is 0 Å². The fraction of sp³-hybridized carbons (Fsp3) is 0.316. The third-order valence-electron chi connectivity index (χ3n) is 4.63.